The summed E-state index contributed by atoms with van der Waals surface area (Å²) < 4.78 is 4.94. The first-order valence-corrected chi connectivity index (χ1v) is 6.84. The number of ketones is 1. The average molecular weight is 342 g/mol. The van der Waals surface area contributed by atoms with Crippen molar-refractivity contribution in [2.45, 2.75) is 54.9 Å². The van der Waals surface area contributed by atoms with Gasteiger partial charge < -0.3 is 50.7 Å². The van der Waals surface area contributed by atoms with Gasteiger partial charge >= 0.3 is 0 Å². The average Bonchev–Trinajstić information content (AvgIpc) is 2.56. The summed E-state index contributed by atoms with van der Waals surface area (Å²) in [5, 5.41) is 84.6. The lowest BCUT2D eigenvalue weighted by atomic mass is 9.89. The van der Waals surface area contributed by atoms with E-state index in [1.54, 1.807) is 0 Å². The van der Waals surface area contributed by atoms with E-state index >= 15 is 0 Å². The molecule has 9 N–H and O–H groups in total. The lowest BCUT2D eigenvalue weighted by molar-refractivity contribution is -0.248. The monoisotopic (exact) mass is 342 g/mol. The van der Waals surface area contributed by atoms with Crippen molar-refractivity contribution in [3.8, 4) is 0 Å². The Hall–Kier alpha value is -0.730. The minimum Gasteiger partial charge on any atom is -0.394 e. The van der Waals surface area contributed by atoms with Crippen LogP contribution in [0.5, 0.6) is 0 Å². The molecule has 0 aliphatic carbocycles. The van der Waals surface area contributed by atoms with E-state index in [1.165, 1.54) is 0 Å². The summed E-state index contributed by atoms with van der Waals surface area (Å²) in [7, 11) is 0. The highest BCUT2D eigenvalue weighted by molar-refractivity contribution is 5.88. The van der Waals surface area contributed by atoms with Crippen LogP contribution in [0.1, 0.15) is 0 Å². The van der Waals surface area contributed by atoms with Gasteiger partial charge in [-0.2, -0.15) is 0 Å². The van der Waals surface area contributed by atoms with Crippen molar-refractivity contribution < 1.29 is 55.5 Å². The lowest BCUT2D eigenvalue weighted by Crippen LogP contribution is -2.63. The van der Waals surface area contributed by atoms with Crippen LogP contribution >= 0.6 is 0 Å². The Labute approximate surface area is 130 Å². The molecule has 23 heavy (non-hydrogen) atoms. The molecule has 11 nitrogen and oxygen atoms in total. The van der Waals surface area contributed by atoms with Crippen molar-refractivity contribution in [2.75, 3.05) is 13.2 Å². The Bertz CT molecular complexity index is 389. The van der Waals surface area contributed by atoms with Crippen molar-refractivity contribution in [1.82, 2.24) is 0 Å². The number of aliphatic hydroxyl groups is 9. The van der Waals surface area contributed by atoms with Gasteiger partial charge in [-0.15, -0.1) is 0 Å². The third kappa shape index (κ3) is 4.22. The summed E-state index contributed by atoms with van der Waals surface area (Å²) in [5.41, 5.74) is 0. The second kappa shape index (κ2) is 8.39. The molecule has 0 aromatic rings. The number of ether oxygens (including phenoxy) is 1. The van der Waals surface area contributed by atoms with Crippen LogP contribution in [0.15, 0.2) is 0 Å². The maximum atomic E-state index is 11.9. The fourth-order valence-electron chi connectivity index (χ4n) is 2.21. The van der Waals surface area contributed by atoms with Gasteiger partial charge in [-0.05, 0) is 0 Å². The molecule has 2 unspecified atom stereocenters. The molecule has 136 valence electrons. The second-order valence-electron chi connectivity index (χ2n) is 5.33. The maximum absolute atomic E-state index is 11.9. The minimum atomic E-state index is -2.31. The molecule has 1 rings (SSSR count). The summed E-state index contributed by atoms with van der Waals surface area (Å²) in [4.78, 5) is 11.9. The highest BCUT2D eigenvalue weighted by Crippen LogP contribution is 2.24. The van der Waals surface area contributed by atoms with Gasteiger partial charge in [-0.25, -0.2) is 0 Å². The molecule has 9 atom stereocenters. The van der Waals surface area contributed by atoms with E-state index in [1.807, 2.05) is 0 Å². The third-order valence-corrected chi connectivity index (χ3v) is 3.73. The smallest absolute Gasteiger partial charge is 0.195 e. The van der Waals surface area contributed by atoms with Crippen LogP contribution in [-0.4, -0.2) is 120 Å². The number of carbonyl (C=O) groups excluding carboxylic acids is 1. The van der Waals surface area contributed by atoms with E-state index in [9.17, 15) is 35.4 Å². The molecular formula is C12H22O11. The zero-order valence-corrected chi connectivity index (χ0v) is 12.0. The summed E-state index contributed by atoms with van der Waals surface area (Å²) in [5.74, 6) is -1.45. The molecule has 1 saturated heterocycles. The van der Waals surface area contributed by atoms with E-state index in [-0.39, 0.29) is 0 Å². The number of Topliss-reactive ketones (excluding diaryl/α,β-unsaturated/α-hetero) is 1. The molecule has 0 aromatic carbocycles. The van der Waals surface area contributed by atoms with Gasteiger partial charge in [0.25, 0.3) is 0 Å². The van der Waals surface area contributed by atoms with E-state index in [4.69, 9.17) is 20.1 Å². The standard InChI is InChI=1S/C12H22O11/c13-1-3(15)5(16)7(18)9(20)11(22)12-10(21)8(19)6(17)4(2-14)23-12/h3-8,10-19,21-22H,1-2H2/t3-,4-,5-,6-,7-,8+,10-,11?,12?/m1/s1. The van der Waals surface area contributed by atoms with Gasteiger partial charge in [0, 0.05) is 0 Å². The molecule has 1 heterocycles. The Kier molecular flexibility index (Phi) is 7.41. The van der Waals surface area contributed by atoms with Crippen LogP contribution in [0.2, 0.25) is 0 Å². The van der Waals surface area contributed by atoms with E-state index in [0.717, 1.165) is 0 Å². The molecule has 0 amide bonds. The Morgan fingerprint density at radius 3 is 2.00 bits per heavy atom. The number of carbonyl (C=O) groups is 1. The topological polar surface area (TPSA) is 208 Å². The SMILES string of the molecule is O=C(C(O)C1O[C@H](CO)[C@@H](O)[C@H](O)[C@H]1O)[C@H](O)[C@H](O)[C@H](O)CO. The number of rotatable bonds is 7. The van der Waals surface area contributed by atoms with Crippen molar-refractivity contribution >= 4 is 5.78 Å². The van der Waals surface area contributed by atoms with Crippen LogP contribution in [0.4, 0.5) is 0 Å². The largest absolute Gasteiger partial charge is 0.394 e. The molecule has 0 radical (unpaired) electrons. The highest BCUT2D eigenvalue weighted by Gasteiger charge is 2.49. The zero-order chi connectivity index (χ0) is 17.9. The zero-order valence-electron chi connectivity index (χ0n) is 12.0. The molecule has 0 spiro atoms. The predicted octanol–water partition coefficient (Wildman–Crippen LogP) is -6.17. The summed E-state index contributed by atoms with van der Waals surface area (Å²) in [6.07, 6.45) is -17.1. The van der Waals surface area contributed by atoms with Gasteiger partial charge in [0.1, 0.15) is 54.9 Å². The molecular weight excluding hydrogens is 320 g/mol. The third-order valence-electron chi connectivity index (χ3n) is 3.73. The van der Waals surface area contributed by atoms with E-state index in [2.05, 4.69) is 0 Å². The van der Waals surface area contributed by atoms with Crippen LogP contribution in [0.25, 0.3) is 0 Å². The predicted molar refractivity (Wildman–Crippen MR) is 69.9 cm³/mol. The molecule has 0 aromatic heterocycles. The molecule has 0 saturated carbocycles. The van der Waals surface area contributed by atoms with Crippen LogP contribution in [0.3, 0.4) is 0 Å². The highest BCUT2D eigenvalue weighted by atomic mass is 16.6. The first-order chi connectivity index (χ1) is 10.7. The quantitative estimate of drug-likeness (QED) is 0.212. The summed E-state index contributed by atoms with van der Waals surface area (Å²) >= 11 is 0. The second-order valence-corrected chi connectivity index (χ2v) is 5.33. The van der Waals surface area contributed by atoms with Gasteiger partial charge in [-0.3, -0.25) is 4.79 Å². The van der Waals surface area contributed by atoms with Crippen molar-refractivity contribution in [2.24, 2.45) is 0 Å². The van der Waals surface area contributed by atoms with Gasteiger partial charge in [0.2, 0.25) is 0 Å². The lowest BCUT2D eigenvalue weighted by Gasteiger charge is -2.41. The van der Waals surface area contributed by atoms with Crippen LogP contribution in [-0.2, 0) is 9.53 Å². The fourth-order valence-corrected chi connectivity index (χ4v) is 2.21. The maximum Gasteiger partial charge on any atom is 0.195 e. The first kappa shape index (κ1) is 20.3. The normalized spacial score (nSPS) is 37.0. The van der Waals surface area contributed by atoms with Crippen molar-refractivity contribution in [1.29, 1.82) is 0 Å². The minimum absolute atomic E-state index is 0.781. The molecule has 1 fully saturated rings. The van der Waals surface area contributed by atoms with E-state index in [0.29, 0.717) is 0 Å². The van der Waals surface area contributed by atoms with Crippen molar-refractivity contribution in [3.63, 3.8) is 0 Å². The first-order valence-electron chi connectivity index (χ1n) is 6.84. The Balaban J connectivity index is 2.85. The molecule has 1 aliphatic rings. The number of hydrogen-bond acceptors (Lipinski definition) is 11. The van der Waals surface area contributed by atoms with Crippen molar-refractivity contribution in [3.05, 3.63) is 0 Å². The summed E-state index contributed by atoms with van der Waals surface area (Å²) in [6.45, 7) is -1.74. The van der Waals surface area contributed by atoms with Crippen LogP contribution < -0.4 is 0 Å². The van der Waals surface area contributed by atoms with Gasteiger partial charge in [0.15, 0.2) is 5.78 Å². The molecule has 1 aliphatic heterocycles. The number of aliphatic hydroxyl groups excluding tert-OH is 9. The molecule has 11 heteroatoms. The Morgan fingerprint density at radius 1 is 0.957 bits per heavy atom. The fraction of sp³-hybridized carbons (Fsp3) is 0.917. The van der Waals surface area contributed by atoms with E-state index < -0.39 is 73.9 Å². The summed E-state index contributed by atoms with van der Waals surface area (Å²) in [6, 6.07) is 0. The Morgan fingerprint density at radius 2 is 1.52 bits per heavy atom. The van der Waals surface area contributed by atoms with Gasteiger partial charge in [0.05, 0.1) is 13.2 Å². The van der Waals surface area contributed by atoms with Gasteiger partial charge in [-0.1, -0.05) is 0 Å². The number of hydrogen-bond donors (Lipinski definition) is 9. The molecule has 0 bridgehead atoms. The van der Waals surface area contributed by atoms with Crippen LogP contribution in [0, 0.1) is 0 Å².